The van der Waals surface area contributed by atoms with Crippen LogP contribution >= 0.6 is 0 Å². The summed E-state index contributed by atoms with van der Waals surface area (Å²) in [4.78, 5) is 48.3. The summed E-state index contributed by atoms with van der Waals surface area (Å²) in [5.74, 6) is -1.92. The molecule has 23 heavy (non-hydrogen) atoms. The standard InChI is InChI=1S/C14H19N5O4/c1-8(6-15)13(22)19-4-2-3-9(7-19)16-12(21)10-5-11(20)18-14(23)17-10/h8-10H,2-5,7H2,1H3,(H,16,21)(H2,17,18,20,23)/t8?,9-,10+/m1/s1. The number of nitrogens with one attached hydrogen (secondary N) is 3. The Morgan fingerprint density at radius 3 is 2.83 bits per heavy atom. The predicted octanol–water partition coefficient (Wildman–Crippen LogP) is -1.15. The van der Waals surface area contributed by atoms with E-state index in [1.54, 1.807) is 11.8 Å². The van der Waals surface area contributed by atoms with E-state index in [-0.39, 0.29) is 18.4 Å². The van der Waals surface area contributed by atoms with Gasteiger partial charge in [-0.15, -0.1) is 0 Å². The van der Waals surface area contributed by atoms with Crippen LogP contribution in [-0.2, 0) is 14.4 Å². The van der Waals surface area contributed by atoms with Crippen LogP contribution in [0.1, 0.15) is 26.2 Å². The van der Waals surface area contributed by atoms with Gasteiger partial charge in [0.05, 0.1) is 12.5 Å². The van der Waals surface area contributed by atoms with Crippen molar-refractivity contribution in [2.75, 3.05) is 13.1 Å². The smallest absolute Gasteiger partial charge is 0.322 e. The number of amides is 5. The molecule has 3 atom stereocenters. The van der Waals surface area contributed by atoms with E-state index in [1.807, 2.05) is 6.07 Å². The lowest BCUT2D eigenvalue weighted by molar-refractivity contribution is -0.135. The van der Waals surface area contributed by atoms with Crippen LogP contribution in [0, 0.1) is 17.2 Å². The van der Waals surface area contributed by atoms with Gasteiger partial charge in [0.25, 0.3) is 0 Å². The van der Waals surface area contributed by atoms with Crippen LogP contribution in [0.4, 0.5) is 4.79 Å². The molecule has 9 nitrogen and oxygen atoms in total. The van der Waals surface area contributed by atoms with E-state index < -0.39 is 29.8 Å². The first-order chi connectivity index (χ1) is 10.9. The van der Waals surface area contributed by atoms with Crippen LogP contribution in [0.15, 0.2) is 0 Å². The zero-order valence-corrected chi connectivity index (χ0v) is 12.8. The van der Waals surface area contributed by atoms with Crippen molar-refractivity contribution in [2.24, 2.45) is 5.92 Å². The highest BCUT2D eigenvalue weighted by atomic mass is 16.2. The third kappa shape index (κ3) is 4.18. The summed E-state index contributed by atoms with van der Waals surface area (Å²) in [6, 6.07) is 0.0595. The van der Waals surface area contributed by atoms with E-state index in [9.17, 15) is 19.2 Å². The molecule has 0 radical (unpaired) electrons. The number of imide groups is 1. The zero-order valence-electron chi connectivity index (χ0n) is 12.8. The first kappa shape index (κ1) is 16.7. The Balaban J connectivity index is 1.91. The molecule has 2 aliphatic rings. The molecule has 5 amide bonds. The molecule has 124 valence electrons. The number of carbonyl (C=O) groups is 4. The summed E-state index contributed by atoms with van der Waals surface area (Å²) in [6.07, 6.45) is 1.30. The third-order valence-electron chi connectivity index (χ3n) is 3.91. The second kappa shape index (κ2) is 7.09. The Kier molecular flexibility index (Phi) is 5.16. The lowest BCUT2D eigenvalue weighted by Crippen LogP contribution is -2.60. The summed E-state index contributed by atoms with van der Waals surface area (Å²) < 4.78 is 0. The molecule has 2 aliphatic heterocycles. The van der Waals surface area contributed by atoms with Crippen molar-refractivity contribution in [1.29, 1.82) is 5.26 Å². The fourth-order valence-corrected chi connectivity index (χ4v) is 2.69. The first-order valence-corrected chi connectivity index (χ1v) is 7.50. The van der Waals surface area contributed by atoms with Gasteiger partial charge in [-0.25, -0.2) is 4.79 Å². The largest absolute Gasteiger partial charge is 0.350 e. The molecule has 0 aromatic heterocycles. The van der Waals surface area contributed by atoms with Crippen LogP contribution < -0.4 is 16.0 Å². The van der Waals surface area contributed by atoms with E-state index in [0.29, 0.717) is 25.9 Å². The van der Waals surface area contributed by atoms with Gasteiger partial charge in [-0.05, 0) is 19.8 Å². The predicted molar refractivity (Wildman–Crippen MR) is 77.6 cm³/mol. The van der Waals surface area contributed by atoms with Gasteiger partial charge < -0.3 is 15.5 Å². The maximum absolute atomic E-state index is 12.2. The summed E-state index contributed by atoms with van der Waals surface area (Å²) in [7, 11) is 0. The Morgan fingerprint density at radius 1 is 1.43 bits per heavy atom. The average Bonchev–Trinajstić information content (AvgIpc) is 2.52. The van der Waals surface area contributed by atoms with E-state index in [0.717, 1.165) is 0 Å². The second-order valence-electron chi connectivity index (χ2n) is 5.76. The number of nitrogens with zero attached hydrogens (tertiary/aromatic N) is 2. The molecule has 0 aliphatic carbocycles. The number of nitriles is 1. The van der Waals surface area contributed by atoms with Crippen LogP contribution in [-0.4, -0.2) is 53.8 Å². The lowest BCUT2D eigenvalue weighted by atomic mass is 10.0. The van der Waals surface area contributed by atoms with Crippen molar-refractivity contribution in [1.82, 2.24) is 20.9 Å². The van der Waals surface area contributed by atoms with Crippen LogP contribution in [0.25, 0.3) is 0 Å². The molecule has 0 aromatic rings. The highest BCUT2D eigenvalue weighted by Crippen LogP contribution is 2.13. The van der Waals surface area contributed by atoms with Crippen LogP contribution in [0.3, 0.4) is 0 Å². The van der Waals surface area contributed by atoms with Gasteiger partial charge in [0.15, 0.2) is 0 Å². The minimum atomic E-state index is -0.902. The van der Waals surface area contributed by atoms with Gasteiger partial charge in [-0.1, -0.05) is 0 Å². The Morgan fingerprint density at radius 2 is 2.17 bits per heavy atom. The molecular weight excluding hydrogens is 302 g/mol. The highest BCUT2D eigenvalue weighted by molar-refractivity contribution is 6.02. The minimum absolute atomic E-state index is 0.113. The number of rotatable bonds is 3. The molecule has 0 saturated carbocycles. The number of hydrogen-bond acceptors (Lipinski definition) is 5. The highest BCUT2D eigenvalue weighted by Gasteiger charge is 2.32. The monoisotopic (exact) mass is 321 g/mol. The molecule has 2 fully saturated rings. The molecule has 0 spiro atoms. The number of carbonyl (C=O) groups excluding carboxylic acids is 4. The van der Waals surface area contributed by atoms with E-state index >= 15 is 0 Å². The van der Waals surface area contributed by atoms with Crippen molar-refractivity contribution in [3.63, 3.8) is 0 Å². The van der Waals surface area contributed by atoms with E-state index in [1.165, 1.54) is 0 Å². The molecule has 9 heteroatoms. The van der Waals surface area contributed by atoms with Crippen molar-refractivity contribution in [3.05, 3.63) is 0 Å². The average molecular weight is 321 g/mol. The second-order valence-corrected chi connectivity index (χ2v) is 5.76. The minimum Gasteiger partial charge on any atom is -0.350 e. The van der Waals surface area contributed by atoms with Crippen LogP contribution in [0.2, 0.25) is 0 Å². The number of hydrogen-bond donors (Lipinski definition) is 3. The SMILES string of the molecule is CC(C#N)C(=O)N1CCC[C@@H](NC(=O)[C@@H]2CC(=O)NC(=O)N2)C1. The quantitative estimate of drug-likeness (QED) is 0.604. The van der Waals surface area contributed by atoms with Crippen molar-refractivity contribution in [3.8, 4) is 6.07 Å². The van der Waals surface area contributed by atoms with E-state index in [4.69, 9.17) is 5.26 Å². The Hall–Kier alpha value is -2.63. The maximum atomic E-state index is 12.2. The van der Waals surface area contributed by atoms with Gasteiger partial charge in [0, 0.05) is 19.1 Å². The first-order valence-electron chi connectivity index (χ1n) is 7.50. The molecule has 2 heterocycles. The topological polar surface area (TPSA) is 131 Å². The molecule has 1 unspecified atom stereocenters. The molecule has 0 aromatic carbocycles. The molecule has 0 bridgehead atoms. The summed E-state index contributed by atoms with van der Waals surface area (Å²) in [6.45, 7) is 2.42. The fourth-order valence-electron chi connectivity index (χ4n) is 2.69. The van der Waals surface area contributed by atoms with E-state index in [2.05, 4.69) is 16.0 Å². The Labute approximate surface area is 133 Å². The van der Waals surface area contributed by atoms with Gasteiger partial charge in [-0.2, -0.15) is 5.26 Å². The number of likely N-dealkylation sites (tertiary alicyclic amines) is 1. The van der Waals surface area contributed by atoms with Crippen LogP contribution in [0.5, 0.6) is 0 Å². The van der Waals surface area contributed by atoms with Crippen molar-refractivity contribution in [2.45, 2.75) is 38.3 Å². The zero-order chi connectivity index (χ0) is 17.0. The van der Waals surface area contributed by atoms with Gasteiger partial charge >= 0.3 is 6.03 Å². The van der Waals surface area contributed by atoms with Gasteiger partial charge in [-0.3, -0.25) is 19.7 Å². The van der Waals surface area contributed by atoms with Crippen molar-refractivity contribution < 1.29 is 19.2 Å². The normalized spacial score (nSPS) is 25.7. The number of piperidine rings is 1. The lowest BCUT2D eigenvalue weighted by Gasteiger charge is -2.34. The van der Waals surface area contributed by atoms with Crippen molar-refractivity contribution >= 4 is 23.8 Å². The summed E-state index contributed by atoms with van der Waals surface area (Å²) in [5.41, 5.74) is 0. The third-order valence-corrected chi connectivity index (χ3v) is 3.91. The Bertz CT molecular complexity index is 554. The molecule has 2 rings (SSSR count). The molecule has 2 saturated heterocycles. The number of urea groups is 1. The summed E-state index contributed by atoms with van der Waals surface area (Å²) in [5, 5.41) is 16.0. The summed E-state index contributed by atoms with van der Waals surface area (Å²) >= 11 is 0. The maximum Gasteiger partial charge on any atom is 0.322 e. The molecule has 3 N–H and O–H groups in total. The van der Waals surface area contributed by atoms with Gasteiger partial charge in [0.1, 0.15) is 12.0 Å². The van der Waals surface area contributed by atoms with Gasteiger partial charge in [0.2, 0.25) is 17.7 Å². The fraction of sp³-hybridized carbons (Fsp3) is 0.643. The molecular formula is C14H19N5O4.